The monoisotopic (exact) mass is 1620 g/mol. The smallest absolute Gasteiger partial charge is 0.00141 e. The zero-order valence-corrected chi connectivity index (χ0v) is 70.9. The van der Waals surface area contributed by atoms with Crippen molar-refractivity contribution in [3.63, 3.8) is 0 Å². The van der Waals surface area contributed by atoms with Gasteiger partial charge in [0.1, 0.15) is 0 Å². The Morgan fingerprint density at radius 2 is 0.312 bits per heavy atom. The maximum absolute atomic E-state index is 2.44. The Balaban J connectivity index is 0.000000104. The second-order valence-corrected chi connectivity index (χ2v) is 34.7. The molecule has 0 saturated carbocycles. The number of fused-ring (bicyclic) bond motifs is 25. The van der Waals surface area contributed by atoms with E-state index >= 15 is 0 Å². The third kappa shape index (κ3) is 12.0. The molecule has 0 heteroatoms. The van der Waals surface area contributed by atoms with Crippen molar-refractivity contribution in [1.82, 2.24) is 0 Å². The summed E-state index contributed by atoms with van der Waals surface area (Å²) in [6, 6.07) is 170. The van der Waals surface area contributed by atoms with E-state index < -0.39 is 0 Å². The van der Waals surface area contributed by atoms with Crippen LogP contribution in [0.3, 0.4) is 0 Å². The van der Waals surface area contributed by atoms with Gasteiger partial charge in [0, 0.05) is 0 Å². The van der Waals surface area contributed by atoms with Gasteiger partial charge in [-0.25, -0.2) is 0 Å². The minimum atomic E-state index is 1.25. The lowest BCUT2D eigenvalue weighted by molar-refractivity contribution is 1.41. The van der Waals surface area contributed by atoms with Gasteiger partial charge in [0.2, 0.25) is 0 Å². The Bertz CT molecular complexity index is 9350. The standard InChI is InChI=1S/C46H28.C42H26.C40H28/c1-4-12-36-29(9-1)17-19-32-21-23-34(27-42(32)36)44-39-15-7-8-16-40(39)45(46-38-14-6-3-11-31(38)25-26-41(44)46)35-24-22-33-20-18-30-10-2-5-13-37(30)43(33)28-35;1-2-12-31-25-32(21-17-27(31)9-1)40-36-15-7-8-16-37(36)41(42-35-14-6-4-11-29(35)23-24-38(40)42)33-22-20-30-19-18-28-10-3-5-13-34(28)39(30)26-33;1-25-26(2)31-22-21-29(24-37(31)33-17-9-8-15-30(25)33)39-35-19-11-10-18-34(35)38(28-13-4-3-5-14-28)36-23-20-27-12-6-7-16-32(27)40(36)39/h1-28H;1-26H;3-24H,1-2H3. The summed E-state index contributed by atoms with van der Waals surface area (Å²) in [4.78, 5) is 0. The van der Waals surface area contributed by atoms with Gasteiger partial charge in [0.15, 0.2) is 0 Å². The molecule has 0 N–H and O–H groups in total. The first kappa shape index (κ1) is 74.3. The molecule has 0 nitrogen and oxygen atoms in total. The Morgan fingerprint density at radius 3 is 0.688 bits per heavy atom. The summed E-state index contributed by atoms with van der Waals surface area (Å²) < 4.78 is 0. The molecular weight excluding hydrogens is 1540 g/mol. The molecule has 0 spiro atoms. The highest BCUT2D eigenvalue weighted by Gasteiger charge is 2.25. The van der Waals surface area contributed by atoms with Crippen LogP contribution in [0, 0.1) is 13.8 Å². The molecule has 0 aliphatic rings. The van der Waals surface area contributed by atoms with Crippen LogP contribution in [0.1, 0.15) is 11.1 Å². The van der Waals surface area contributed by atoms with E-state index in [1.165, 1.54) is 272 Å². The van der Waals surface area contributed by atoms with Crippen LogP contribution in [0.5, 0.6) is 0 Å². The predicted molar refractivity (Wildman–Crippen MR) is 557 cm³/mol. The van der Waals surface area contributed by atoms with Crippen LogP contribution in [0.15, 0.2) is 461 Å². The number of hydrogen-bond acceptors (Lipinski definition) is 0. The lowest BCUT2D eigenvalue weighted by Gasteiger charge is -2.20. The fourth-order valence-corrected chi connectivity index (χ4v) is 21.8. The number of hydrogen-bond donors (Lipinski definition) is 0. The largest absolute Gasteiger partial charge is 0.0622 e. The average Bonchev–Trinajstić information content (AvgIpc) is 0.723. The van der Waals surface area contributed by atoms with Gasteiger partial charge in [-0.05, 0) is 316 Å². The molecule has 0 atom stereocenters. The molecule has 27 rings (SSSR count). The van der Waals surface area contributed by atoms with Crippen LogP contribution >= 0.6 is 0 Å². The van der Waals surface area contributed by atoms with Gasteiger partial charge < -0.3 is 0 Å². The highest BCUT2D eigenvalue weighted by atomic mass is 14.3. The highest BCUT2D eigenvalue weighted by molar-refractivity contribution is 6.33. The summed E-state index contributed by atoms with van der Waals surface area (Å²) in [6.07, 6.45) is 0. The molecular formula is C128H82. The van der Waals surface area contributed by atoms with E-state index in [1.54, 1.807) is 0 Å². The van der Waals surface area contributed by atoms with Gasteiger partial charge in [-0.1, -0.05) is 431 Å². The third-order valence-corrected chi connectivity index (χ3v) is 27.8. The van der Waals surface area contributed by atoms with E-state index in [1.807, 2.05) is 0 Å². The topological polar surface area (TPSA) is 0 Å². The lowest BCUT2D eigenvalue weighted by atomic mass is 9.83. The van der Waals surface area contributed by atoms with Gasteiger partial charge in [0.05, 0.1) is 0 Å². The van der Waals surface area contributed by atoms with Crippen molar-refractivity contribution in [2.24, 2.45) is 0 Å². The molecule has 0 radical (unpaired) electrons. The molecule has 0 heterocycles. The average molecular weight is 1620 g/mol. The second kappa shape index (κ2) is 30.3. The van der Waals surface area contributed by atoms with Crippen LogP contribution in [0.4, 0.5) is 0 Å². The molecule has 27 aromatic carbocycles. The zero-order chi connectivity index (χ0) is 84.6. The quantitative estimate of drug-likeness (QED) is 0.115. The van der Waals surface area contributed by atoms with Crippen molar-refractivity contribution in [3.05, 3.63) is 472 Å². The van der Waals surface area contributed by atoms with Crippen LogP contribution in [0.25, 0.3) is 261 Å². The third-order valence-electron chi connectivity index (χ3n) is 27.8. The molecule has 594 valence electrons. The van der Waals surface area contributed by atoms with E-state index in [9.17, 15) is 0 Å². The SMILES string of the molecule is Cc1c(C)c2ccc(-c3c4ccccc4c(-c4ccccc4)c4ccc5ccccc5c34)cc2c2ccccc12.c1ccc2c(c1)ccc1ccc(-c3c4ccccc4c(-c4ccc5ccc6ccccc6c5c4)c4c3ccc3ccccc34)cc12.c1ccc2cc(-c3c4ccccc4c(-c4ccc5ccc6ccccc6c5c4)c4c3ccc3ccccc34)ccc2c1. The van der Waals surface area contributed by atoms with Gasteiger partial charge >= 0.3 is 0 Å². The number of aryl methyl sites for hydroxylation is 2. The summed E-state index contributed by atoms with van der Waals surface area (Å²) >= 11 is 0. The normalized spacial score (nSPS) is 11.8. The summed E-state index contributed by atoms with van der Waals surface area (Å²) in [5, 5.41) is 46.4. The fraction of sp³-hybridized carbons (Fsp3) is 0.0156. The minimum Gasteiger partial charge on any atom is -0.0622 e. The van der Waals surface area contributed by atoms with Crippen LogP contribution in [-0.4, -0.2) is 0 Å². The van der Waals surface area contributed by atoms with Crippen molar-refractivity contribution in [2.75, 3.05) is 0 Å². The van der Waals surface area contributed by atoms with Crippen molar-refractivity contribution < 1.29 is 0 Å². The van der Waals surface area contributed by atoms with Crippen LogP contribution in [-0.2, 0) is 0 Å². The van der Waals surface area contributed by atoms with Gasteiger partial charge in [0.25, 0.3) is 0 Å². The minimum absolute atomic E-state index is 1.25. The summed E-state index contributed by atoms with van der Waals surface area (Å²) in [5.41, 5.74) is 18.0. The van der Waals surface area contributed by atoms with Crippen molar-refractivity contribution >= 4 is 194 Å². The molecule has 0 bridgehead atoms. The molecule has 0 aliphatic carbocycles. The van der Waals surface area contributed by atoms with E-state index in [2.05, 4.69) is 475 Å². The second-order valence-electron chi connectivity index (χ2n) is 34.7. The lowest BCUT2D eigenvalue weighted by Crippen LogP contribution is -1.93. The summed E-state index contributed by atoms with van der Waals surface area (Å²) in [6.45, 7) is 4.51. The first-order valence-electron chi connectivity index (χ1n) is 44.7. The molecule has 27 aromatic rings. The van der Waals surface area contributed by atoms with Gasteiger partial charge in [-0.3, -0.25) is 0 Å². The molecule has 128 heavy (non-hydrogen) atoms. The molecule has 0 fully saturated rings. The molecule has 0 amide bonds. The van der Waals surface area contributed by atoms with E-state index in [-0.39, 0.29) is 0 Å². The van der Waals surface area contributed by atoms with Crippen LogP contribution in [0.2, 0.25) is 0 Å². The molecule has 0 aromatic heterocycles. The maximum Gasteiger partial charge on any atom is -0.00141 e. The van der Waals surface area contributed by atoms with Crippen molar-refractivity contribution in [1.29, 1.82) is 0 Å². The molecule has 0 unspecified atom stereocenters. The van der Waals surface area contributed by atoms with E-state index in [0.29, 0.717) is 0 Å². The van der Waals surface area contributed by atoms with Crippen molar-refractivity contribution in [2.45, 2.75) is 13.8 Å². The van der Waals surface area contributed by atoms with Gasteiger partial charge in [-0.15, -0.1) is 0 Å². The van der Waals surface area contributed by atoms with Crippen molar-refractivity contribution in [3.8, 4) is 66.8 Å². The molecule has 0 aliphatic heterocycles. The Labute approximate surface area is 741 Å². The predicted octanol–water partition coefficient (Wildman–Crippen LogP) is 36.4. The summed E-state index contributed by atoms with van der Waals surface area (Å²) in [5.74, 6) is 0. The number of rotatable bonds is 6. The summed E-state index contributed by atoms with van der Waals surface area (Å²) in [7, 11) is 0. The Hall–Kier alpha value is -16.4. The first-order valence-corrected chi connectivity index (χ1v) is 44.7. The highest BCUT2D eigenvalue weighted by Crippen LogP contribution is 2.53. The maximum atomic E-state index is 2.44. The molecule has 0 saturated heterocycles. The Kier molecular flexibility index (Phi) is 17.6. The fourth-order valence-electron chi connectivity index (χ4n) is 21.8. The van der Waals surface area contributed by atoms with Crippen LogP contribution < -0.4 is 0 Å². The van der Waals surface area contributed by atoms with Gasteiger partial charge in [-0.2, -0.15) is 0 Å². The zero-order valence-electron chi connectivity index (χ0n) is 70.9. The Morgan fingerprint density at radius 1 is 0.102 bits per heavy atom. The van der Waals surface area contributed by atoms with E-state index in [0.717, 1.165) is 0 Å². The van der Waals surface area contributed by atoms with E-state index in [4.69, 9.17) is 0 Å². The number of benzene rings is 27. The first-order chi connectivity index (χ1) is 63.3.